The highest BCUT2D eigenvalue weighted by molar-refractivity contribution is 9.10. The van der Waals surface area contributed by atoms with Crippen molar-refractivity contribution in [3.8, 4) is 0 Å². The van der Waals surface area contributed by atoms with Gasteiger partial charge in [-0.15, -0.1) is 0 Å². The predicted octanol–water partition coefficient (Wildman–Crippen LogP) is 3.67. The first kappa shape index (κ1) is 18.9. The van der Waals surface area contributed by atoms with Gasteiger partial charge in [0.05, 0.1) is 5.56 Å². The van der Waals surface area contributed by atoms with Gasteiger partial charge in [-0.3, -0.25) is 9.69 Å². The Labute approximate surface area is 163 Å². The SMILES string of the molecule is CCNC(=O)c1ccc(NC2CCN(Cc3ccc(Br)cc3)CC2)nc1. The standard InChI is InChI=1S/C20H25BrN4O/c1-2-22-20(26)16-5-8-19(23-13-16)24-18-9-11-25(12-10-18)14-15-3-6-17(21)7-4-15/h3-8,13,18H,2,9-12,14H2,1H3,(H,22,26)(H,23,24). The van der Waals surface area contributed by atoms with E-state index in [1.165, 1.54) is 5.56 Å². The minimum atomic E-state index is -0.0761. The predicted molar refractivity (Wildman–Crippen MR) is 108 cm³/mol. The number of amides is 1. The fourth-order valence-corrected chi connectivity index (χ4v) is 3.43. The van der Waals surface area contributed by atoms with Crippen molar-refractivity contribution in [1.82, 2.24) is 15.2 Å². The third kappa shape index (κ3) is 5.29. The summed E-state index contributed by atoms with van der Waals surface area (Å²) in [6.07, 6.45) is 3.82. The summed E-state index contributed by atoms with van der Waals surface area (Å²) >= 11 is 3.48. The average molecular weight is 417 g/mol. The van der Waals surface area contributed by atoms with Gasteiger partial charge in [0.1, 0.15) is 5.82 Å². The molecular formula is C20H25BrN4O. The van der Waals surface area contributed by atoms with Crippen LogP contribution in [0.4, 0.5) is 5.82 Å². The second-order valence-electron chi connectivity index (χ2n) is 6.61. The molecule has 1 aromatic carbocycles. The quantitative estimate of drug-likeness (QED) is 0.753. The lowest BCUT2D eigenvalue weighted by Gasteiger charge is -2.32. The maximum atomic E-state index is 11.8. The fraction of sp³-hybridized carbons (Fsp3) is 0.400. The van der Waals surface area contributed by atoms with Gasteiger partial charge in [0.15, 0.2) is 0 Å². The van der Waals surface area contributed by atoms with E-state index in [1.807, 2.05) is 19.1 Å². The van der Waals surface area contributed by atoms with E-state index in [-0.39, 0.29) is 5.91 Å². The Morgan fingerprint density at radius 1 is 1.19 bits per heavy atom. The first-order chi connectivity index (χ1) is 12.6. The molecule has 0 spiro atoms. The number of carbonyl (C=O) groups excluding carboxylic acids is 1. The molecule has 5 nitrogen and oxygen atoms in total. The Morgan fingerprint density at radius 3 is 2.54 bits per heavy atom. The molecule has 0 aliphatic carbocycles. The van der Waals surface area contributed by atoms with Gasteiger partial charge in [0.25, 0.3) is 5.91 Å². The number of rotatable bonds is 6. The van der Waals surface area contributed by atoms with Gasteiger partial charge in [-0.25, -0.2) is 4.98 Å². The molecule has 0 bridgehead atoms. The molecule has 1 aromatic heterocycles. The van der Waals surface area contributed by atoms with Crippen molar-refractivity contribution >= 4 is 27.7 Å². The normalized spacial score (nSPS) is 15.6. The summed E-state index contributed by atoms with van der Waals surface area (Å²) in [6.45, 7) is 5.68. The van der Waals surface area contributed by atoms with Crippen LogP contribution in [0.5, 0.6) is 0 Å². The summed E-state index contributed by atoms with van der Waals surface area (Å²) < 4.78 is 1.12. The second kappa shape index (κ2) is 9.14. The van der Waals surface area contributed by atoms with Gasteiger partial charge in [-0.05, 0) is 49.6 Å². The van der Waals surface area contributed by atoms with Crippen molar-refractivity contribution in [2.75, 3.05) is 25.0 Å². The minimum Gasteiger partial charge on any atom is -0.367 e. The molecular weight excluding hydrogens is 392 g/mol. The van der Waals surface area contributed by atoms with E-state index in [0.29, 0.717) is 18.2 Å². The topological polar surface area (TPSA) is 57.3 Å². The highest BCUT2D eigenvalue weighted by Crippen LogP contribution is 2.18. The molecule has 138 valence electrons. The first-order valence-corrected chi connectivity index (χ1v) is 9.91. The number of halogens is 1. The molecule has 1 aliphatic rings. The summed E-state index contributed by atoms with van der Waals surface area (Å²) in [5.74, 6) is 0.761. The number of benzene rings is 1. The number of nitrogens with zero attached hydrogens (tertiary/aromatic N) is 2. The van der Waals surface area contributed by atoms with Crippen LogP contribution in [-0.2, 0) is 6.54 Å². The average Bonchev–Trinajstić information content (AvgIpc) is 2.66. The van der Waals surface area contributed by atoms with Crippen molar-refractivity contribution in [3.05, 3.63) is 58.2 Å². The number of anilines is 1. The maximum absolute atomic E-state index is 11.8. The zero-order valence-corrected chi connectivity index (χ0v) is 16.6. The molecule has 2 aromatic rings. The molecule has 2 N–H and O–H groups in total. The number of hydrogen-bond donors (Lipinski definition) is 2. The van der Waals surface area contributed by atoms with E-state index in [4.69, 9.17) is 0 Å². The minimum absolute atomic E-state index is 0.0761. The van der Waals surface area contributed by atoms with Crippen LogP contribution in [0.2, 0.25) is 0 Å². The molecule has 26 heavy (non-hydrogen) atoms. The third-order valence-corrected chi connectivity index (χ3v) is 5.15. The molecule has 2 heterocycles. The Morgan fingerprint density at radius 2 is 1.92 bits per heavy atom. The Hall–Kier alpha value is -1.92. The molecule has 0 atom stereocenters. The lowest BCUT2D eigenvalue weighted by atomic mass is 10.0. The number of pyridine rings is 1. The zero-order valence-electron chi connectivity index (χ0n) is 15.0. The number of aromatic nitrogens is 1. The van der Waals surface area contributed by atoms with Crippen LogP contribution in [-0.4, -0.2) is 41.5 Å². The molecule has 1 saturated heterocycles. The van der Waals surface area contributed by atoms with Crippen LogP contribution in [0.25, 0.3) is 0 Å². The van der Waals surface area contributed by atoms with E-state index in [0.717, 1.165) is 42.8 Å². The lowest BCUT2D eigenvalue weighted by Crippen LogP contribution is -2.38. The Balaban J connectivity index is 1.46. The van der Waals surface area contributed by atoms with Crippen molar-refractivity contribution in [1.29, 1.82) is 0 Å². The first-order valence-electron chi connectivity index (χ1n) is 9.11. The summed E-state index contributed by atoms with van der Waals surface area (Å²) in [7, 11) is 0. The number of likely N-dealkylation sites (tertiary alicyclic amines) is 1. The van der Waals surface area contributed by atoms with E-state index < -0.39 is 0 Å². The number of carbonyl (C=O) groups is 1. The summed E-state index contributed by atoms with van der Waals surface area (Å²) in [5, 5.41) is 6.28. The van der Waals surface area contributed by atoms with Crippen LogP contribution >= 0.6 is 15.9 Å². The van der Waals surface area contributed by atoms with E-state index >= 15 is 0 Å². The van der Waals surface area contributed by atoms with Gasteiger partial charge in [-0.2, -0.15) is 0 Å². The monoisotopic (exact) mass is 416 g/mol. The summed E-state index contributed by atoms with van der Waals surface area (Å²) in [5.41, 5.74) is 1.95. The van der Waals surface area contributed by atoms with Crippen LogP contribution in [0.15, 0.2) is 47.1 Å². The Kier molecular flexibility index (Phi) is 6.63. The molecule has 0 saturated carbocycles. The second-order valence-corrected chi connectivity index (χ2v) is 7.53. The van der Waals surface area contributed by atoms with Crippen LogP contribution < -0.4 is 10.6 Å². The van der Waals surface area contributed by atoms with Gasteiger partial charge in [0, 0.05) is 42.9 Å². The number of nitrogens with one attached hydrogen (secondary N) is 2. The number of piperidine rings is 1. The fourth-order valence-electron chi connectivity index (χ4n) is 3.17. The third-order valence-electron chi connectivity index (χ3n) is 4.62. The summed E-state index contributed by atoms with van der Waals surface area (Å²) in [6, 6.07) is 12.7. The van der Waals surface area contributed by atoms with E-state index in [2.05, 4.69) is 60.7 Å². The van der Waals surface area contributed by atoms with Gasteiger partial charge in [-0.1, -0.05) is 28.1 Å². The van der Waals surface area contributed by atoms with Crippen molar-refractivity contribution in [2.45, 2.75) is 32.4 Å². The van der Waals surface area contributed by atoms with Crippen LogP contribution in [0.1, 0.15) is 35.7 Å². The number of hydrogen-bond acceptors (Lipinski definition) is 4. The van der Waals surface area contributed by atoms with Gasteiger partial charge >= 0.3 is 0 Å². The molecule has 6 heteroatoms. The highest BCUT2D eigenvalue weighted by Gasteiger charge is 2.19. The van der Waals surface area contributed by atoms with Crippen molar-refractivity contribution in [2.24, 2.45) is 0 Å². The molecule has 3 rings (SSSR count). The zero-order chi connectivity index (χ0) is 18.4. The maximum Gasteiger partial charge on any atom is 0.252 e. The van der Waals surface area contributed by atoms with Crippen LogP contribution in [0, 0.1) is 0 Å². The van der Waals surface area contributed by atoms with Crippen molar-refractivity contribution < 1.29 is 4.79 Å². The Bertz CT molecular complexity index is 710. The van der Waals surface area contributed by atoms with Gasteiger partial charge in [0.2, 0.25) is 0 Å². The largest absolute Gasteiger partial charge is 0.367 e. The molecule has 1 aliphatic heterocycles. The van der Waals surface area contributed by atoms with E-state index in [9.17, 15) is 4.79 Å². The molecule has 0 radical (unpaired) electrons. The summed E-state index contributed by atoms with van der Waals surface area (Å²) in [4.78, 5) is 18.6. The van der Waals surface area contributed by atoms with E-state index in [1.54, 1.807) is 6.20 Å². The molecule has 1 fully saturated rings. The van der Waals surface area contributed by atoms with Crippen molar-refractivity contribution in [3.63, 3.8) is 0 Å². The lowest BCUT2D eigenvalue weighted by molar-refractivity contribution is 0.0955. The molecule has 0 unspecified atom stereocenters. The molecule has 1 amide bonds. The van der Waals surface area contributed by atoms with Crippen LogP contribution in [0.3, 0.4) is 0 Å². The highest BCUT2D eigenvalue weighted by atomic mass is 79.9. The van der Waals surface area contributed by atoms with Gasteiger partial charge < -0.3 is 10.6 Å². The smallest absolute Gasteiger partial charge is 0.252 e.